The minimum absolute atomic E-state index is 0.278. The van der Waals surface area contributed by atoms with E-state index in [1.807, 2.05) is 50.0 Å². The SMILES string of the molecule is CI.C[C@@H]1CN[C@@H](C)CN1P.II.[C-]#[N+]c1ccc(C)cc1C.[C-]#[N+]c1ccc(N2C[C@@H](C)N(P)C[C@@H]2C)cc1C.[I][V]([I])[I].[I][V][I]. The first kappa shape index (κ1) is 57.3. The van der Waals surface area contributed by atoms with Gasteiger partial charge in [0, 0.05) is 93.3 Å². The molecule has 48 heavy (non-hydrogen) atoms. The second kappa shape index (κ2) is 36.3. The number of nitrogens with one attached hydrogen (secondary N) is 1. The fraction of sp³-hybridized carbons (Fsp3) is 0.533. The number of rotatable bonds is 1. The van der Waals surface area contributed by atoms with E-state index in [0.717, 1.165) is 48.7 Å². The van der Waals surface area contributed by atoms with Crippen LogP contribution in [0.3, 0.4) is 0 Å². The molecule has 0 aliphatic carbocycles. The Labute approximate surface area is 401 Å². The van der Waals surface area contributed by atoms with Gasteiger partial charge in [-0.3, -0.25) is 9.34 Å². The number of anilines is 1. The van der Waals surface area contributed by atoms with Gasteiger partial charge < -0.3 is 10.2 Å². The van der Waals surface area contributed by atoms with Crippen LogP contribution in [0, 0.1) is 33.9 Å². The molecule has 2 aromatic carbocycles. The van der Waals surface area contributed by atoms with Crippen LogP contribution in [0.15, 0.2) is 36.4 Å². The summed E-state index contributed by atoms with van der Waals surface area (Å²) in [4.78, 5) is 11.0. The van der Waals surface area contributed by atoms with E-state index in [1.165, 1.54) is 11.3 Å². The molecule has 0 radical (unpaired) electrons. The van der Waals surface area contributed by atoms with Gasteiger partial charge in [0.05, 0.1) is 13.1 Å². The number of benzene rings is 2. The van der Waals surface area contributed by atoms with Crippen molar-refractivity contribution in [2.45, 2.75) is 72.6 Å². The number of piperazine rings is 2. The monoisotopic (exact) mass is 1670 g/mol. The molecule has 0 spiro atoms. The molecule has 2 aliphatic heterocycles. The molecular weight excluding hydrogens is 1620 g/mol. The zero-order valence-corrected chi connectivity index (χ0v) is 50.8. The van der Waals surface area contributed by atoms with Crippen molar-refractivity contribution in [1.82, 2.24) is 14.7 Å². The van der Waals surface area contributed by atoms with E-state index in [9.17, 15) is 0 Å². The zero-order chi connectivity index (χ0) is 38.0. The fourth-order valence-corrected chi connectivity index (χ4v) is 5.26. The Morgan fingerprint density at radius 3 is 1.60 bits per heavy atom. The number of aryl methyl sites for hydroxylation is 3. The molecule has 273 valence electrons. The van der Waals surface area contributed by atoms with Crippen LogP contribution in [0.1, 0.15) is 44.4 Å². The summed E-state index contributed by atoms with van der Waals surface area (Å²) in [7, 11) is 6.20. The van der Waals surface area contributed by atoms with Gasteiger partial charge >= 0.3 is 114 Å². The third-order valence-corrected chi connectivity index (χ3v) is 8.39. The molecule has 2 fully saturated rings. The van der Waals surface area contributed by atoms with Crippen LogP contribution in [-0.4, -0.2) is 64.6 Å². The zero-order valence-electron chi connectivity index (χ0n) is 28.4. The maximum atomic E-state index is 7.10. The summed E-state index contributed by atoms with van der Waals surface area (Å²) in [6, 6.07) is 14.3. The molecule has 4 rings (SSSR count). The first-order chi connectivity index (χ1) is 22.6. The average Bonchev–Trinajstić information content (AvgIpc) is 3.04. The molecule has 2 saturated heterocycles. The molecule has 0 aromatic heterocycles. The summed E-state index contributed by atoms with van der Waals surface area (Å²) >= 11 is 18.5. The summed E-state index contributed by atoms with van der Waals surface area (Å²) in [6.45, 7) is 33.2. The van der Waals surface area contributed by atoms with Gasteiger partial charge in [-0.1, -0.05) is 71.2 Å². The first-order valence-electron chi connectivity index (χ1n) is 14.3. The minimum atomic E-state index is -0.278. The molecule has 1 N–H and O–H groups in total. The van der Waals surface area contributed by atoms with Crippen LogP contribution < -0.4 is 10.2 Å². The van der Waals surface area contributed by atoms with Gasteiger partial charge in [0.2, 0.25) is 0 Å². The summed E-state index contributed by atoms with van der Waals surface area (Å²) in [5, 5.41) is 3.41. The molecule has 2 aromatic rings. The van der Waals surface area contributed by atoms with Gasteiger partial charge in [0.1, 0.15) is 0 Å². The van der Waals surface area contributed by atoms with Crippen LogP contribution in [0.5, 0.6) is 0 Å². The molecule has 0 saturated carbocycles. The predicted octanol–water partition coefficient (Wildman–Crippen LogP) is 13.8. The van der Waals surface area contributed by atoms with Crippen molar-refractivity contribution in [2.75, 3.05) is 36.0 Å². The second-order valence-corrected chi connectivity index (χ2v) is 59.1. The maximum absolute atomic E-state index is 7.10. The summed E-state index contributed by atoms with van der Waals surface area (Å²) in [5.74, 6) is 0. The Bertz CT molecular complexity index is 1210. The summed E-state index contributed by atoms with van der Waals surface area (Å²) < 4.78 is 4.63. The van der Waals surface area contributed by atoms with Crippen molar-refractivity contribution in [3.8, 4) is 0 Å². The summed E-state index contributed by atoms with van der Waals surface area (Å²) in [6.07, 6.45) is 0. The summed E-state index contributed by atoms with van der Waals surface area (Å²) in [5.41, 5.74) is 6.09. The van der Waals surface area contributed by atoms with Gasteiger partial charge in [0.15, 0.2) is 11.4 Å². The van der Waals surface area contributed by atoms with Crippen LogP contribution in [0.4, 0.5) is 17.1 Å². The van der Waals surface area contributed by atoms with Crippen molar-refractivity contribution in [2.24, 2.45) is 0 Å². The fourth-order valence-electron chi connectivity index (χ4n) is 4.44. The molecule has 0 amide bonds. The van der Waals surface area contributed by atoms with Crippen molar-refractivity contribution >= 4 is 196 Å². The number of nitrogens with zero attached hydrogens (tertiary/aromatic N) is 5. The van der Waals surface area contributed by atoms with Crippen LogP contribution in [0.2, 0.25) is 0 Å². The number of hydrogen-bond acceptors (Lipinski definition) is 4. The number of halogens is 8. The third-order valence-electron chi connectivity index (χ3n) is 6.95. The first-order valence-corrected chi connectivity index (χ1v) is 46.3. The van der Waals surface area contributed by atoms with Gasteiger partial charge in [-0.25, -0.2) is 9.69 Å². The van der Waals surface area contributed by atoms with E-state index in [1.54, 1.807) is 0 Å². The van der Waals surface area contributed by atoms with Crippen LogP contribution >= 0.6 is 178 Å². The Morgan fingerprint density at radius 1 is 0.771 bits per heavy atom. The molecule has 0 bridgehead atoms. The van der Waals surface area contributed by atoms with E-state index in [2.05, 4.69) is 248 Å². The molecular formula is C30H47I8N6P2V2. The topological polar surface area (TPSA) is 30.5 Å². The molecule has 2 unspecified atom stereocenters. The van der Waals surface area contributed by atoms with Crippen LogP contribution in [-0.2, 0) is 14.4 Å². The van der Waals surface area contributed by atoms with Crippen molar-refractivity contribution in [3.05, 3.63) is 75.9 Å². The van der Waals surface area contributed by atoms with Crippen molar-refractivity contribution in [1.29, 1.82) is 0 Å². The Hall–Kier alpha value is 4.97. The number of hydrogen-bond donors (Lipinski definition) is 1. The Balaban J connectivity index is -0.000000578. The van der Waals surface area contributed by atoms with E-state index in [0.29, 0.717) is 33.6 Å². The van der Waals surface area contributed by atoms with Gasteiger partial charge in [0.25, 0.3) is 0 Å². The van der Waals surface area contributed by atoms with Crippen molar-refractivity contribution < 1.29 is 14.4 Å². The normalized spacial score (nSPS) is 19.8. The standard InChI is InChI=1S/C14H20N3P.C9H9N.C6H15N2P.CH3I.I2.5HI.2V/c1-10-7-13(5-6-14(10)15-4)16-8-12(3)17(18)9-11(16)2;1-7-4-5-9(10-3)8(2)6-7;1-5-4-8(9)6(2)3-7-5;2*1-2;;;;;;;/h5-7,11-12H,8-9,18H2,1-3H3;4-6H,1-2H3;5-7H,3-4,9H2,1-2H3;1H3;;5*1H;;/q;;;;;;;;;;+2;+3/p-5/t11-,12+;;5-,6+;;;;;;;;;/m0.0........./s1. The Kier molecular flexibility index (Phi) is 43.4. The van der Waals surface area contributed by atoms with Crippen molar-refractivity contribution in [3.63, 3.8) is 0 Å². The molecule has 2 heterocycles. The van der Waals surface area contributed by atoms with E-state index >= 15 is 0 Å². The van der Waals surface area contributed by atoms with Gasteiger partial charge in [-0.2, -0.15) is 0 Å². The molecule has 6 nitrogen and oxygen atoms in total. The molecule has 18 heteroatoms. The quantitative estimate of drug-likeness (QED) is 0.133. The van der Waals surface area contributed by atoms with E-state index < -0.39 is 0 Å². The van der Waals surface area contributed by atoms with Gasteiger partial charge in [-0.05, 0) is 76.7 Å². The van der Waals surface area contributed by atoms with E-state index in [4.69, 9.17) is 13.1 Å². The third kappa shape index (κ3) is 27.5. The van der Waals surface area contributed by atoms with E-state index in [-0.39, 0.29) is 4.92 Å². The predicted molar refractivity (Wildman–Crippen MR) is 284 cm³/mol. The molecule has 2 aliphatic rings. The van der Waals surface area contributed by atoms with Crippen LogP contribution in [0.25, 0.3) is 9.69 Å². The average molecular weight is 1670 g/mol. The molecule has 6 atom stereocenters. The number of alkyl halides is 1. The van der Waals surface area contributed by atoms with Gasteiger partial charge in [-0.15, -0.1) is 0 Å². The second-order valence-electron chi connectivity index (χ2n) is 10.6. The Morgan fingerprint density at radius 2 is 1.21 bits per heavy atom.